The molecule has 1 atom stereocenters. The summed E-state index contributed by atoms with van der Waals surface area (Å²) in [5.74, 6) is 5.27. The molecule has 2 aromatic heterocycles. The van der Waals surface area contributed by atoms with Crippen LogP contribution in [0.15, 0.2) is 94.6 Å². The summed E-state index contributed by atoms with van der Waals surface area (Å²) >= 11 is 1.43. The highest BCUT2D eigenvalue weighted by Gasteiger charge is 2.15. The standard InChI is InChI=1S/C27H18N2O3S2/c30-27(31)23-4-1-3-20(26(23)21-11-10-19-14-15-28-24(19)17-21)9-6-18-7-12-22(13-8-18)29-34(32)25-5-2-16-33-25/h1-5,7-8,10-17,28-29H,(H,30,31). The summed E-state index contributed by atoms with van der Waals surface area (Å²) < 4.78 is 16.1. The number of aromatic carboxylic acids is 1. The van der Waals surface area contributed by atoms with E-state index < -0.39 is 17.0 Å². The lowest BCUT2D eigenvalue weighted by molar-refractivity contribution is 0.0697. The molecule has 0 saturated heterocycles. The van der Waals surface area contributed by atoms with E-state index in [-0.39, 0.29) is 5.56 Å². The minimum atomic E-state index is -1.31. The van der Waals surface area contributed by atoms with Crippen LogP contribution in [0.5, 0.6) is 0 Å². The van der Waals surface area contributed by atoms with Crippen molar-refractivity contribution in [3.63, 3.8) is 0 Å². The fourth-order valence-corrected chi connectivity index (χ4v) is 5.38. The maximum absolute atomic E-state index is 12.3. The van der Waals surface area contributed by atoms with Gasteiger partial charge in [0, 0.05) is 34.1 Å². The van der Waals surface area contributed by atoms with Crippen LogP contribution in [-0.4, -0.2) is 20.3 Å². The summed E-state index contributed by atoms with van der Waals surface area (Å²) in [6.45, 7) is 0. The molecular formula is C27H18N2O3S2. The van der Waals surface area contributed by atoms with Gasteiger partial charge in [0.15, 0.2) is 11.0 Å². The summed E-state index contributed by atoms with van der Waals surface area (Å²) in [5.41, 5.74) is 4.63. The monoisotopic (exact) mass is 482 g/mol. The Morgan fingerprint density at radius 1 is 0.971 bits per heavy atom. The molecule has 0 amide bonds. The Hall–Kier alpha value is -4.12. The Bertz CT molecular complexity index is 1570. The number of carbonyl (C=O) groups is 1. The third-order valence-electron chi connectivity index (χ3n) is 5.25. The number of nitrogens with one attached hydrogen (secondary N) is 2. The van der Waals surface area contributed by atoms with E-state index in [1.165, 1.54) is 11.3 Å². The van der Waals surface area contributed by atoms with Gasteiger partial charge in [-0.15, -0.1) is 11.3 Å². The molecule has 0 aliphatic carbocycles. The number of benzene rings is 3. The van der Waals surface area contributed by atoms with Crippen molar-refractivity contribution in [2.24, 2.45) is 0 Å². The van der Waals surface area contributed by atoms with E-state index >= 15 is 0 Å². The highest BCUT2D eigenvalue weighted by atomic mass is 32.2. The maximum Gasteiger partial charge on any atom is 0.336 e. The SMILES string of the molecule is O=C(O)c1cccc(C#Cc2ccc(NS(=O)c3cccs3)cc2)c1-c1ccc2cc[nH]c2c1. The fourth-order valence-electron chi connectivity index (χ4n) is 3.64. The lowest BCUT2D eigenvalue weighted by atomic mass is 9.93. The second-order valence-electron chi connectivity index (χ2n) is 7.44. The number of hydrogen-bond acceptors (Lipinski definition) is 3. The zero-order valence-electron chi connectivity index (χ0n) is 17.7. The van der Waals surface area contributed by atoms with E-state index in [4.69, 9.17) is 0 Å². The molecule has 3 N–H and O–H groups in total. The van der Waals surface area contributed by atoms with Gasteiger partial charge in [-0.25, -0.2) is 9.00 Å². The zero-order valence-corrected chi connectivity index (χ0v) is 19.4. The van der Waals surface area contributed by atoms with Crippen LogP contribution in [0.1, 0.15) is 21.5 Å². The quantitative estimate of drug-likeness (QED) is 0.264. The molecule has 0 fully saturated rings. The first-order valence-electron chi connectivity index (χ1n) is 10.4. The van der Waals surface area contributed by atoms with E-state index in [9.17, 15) is 14.1 Å². The topological polar surface area (TPSA) is 82.2 Å². The number of rotatable bonds is 5. The molecule has 0 radical (unpaired) electrons. The van der Waals surface area contributed by atoms with Crippen molar-refractivity contribution in [2.75, 3.05) is 4.72 Å². The minimum absolute atomic E-state index is 0.202. The molecule has 5 aromatic rings. The van der Waals surface area contributed by atoms with Gasteiger partial charge in [-0.3, -0.25) is 0 Å². The maximum atomic E-state index is 12.3. The Morgan fingerprint density at radius 2 is 1.82 bits per heavy atom. The fraction of sp³-hybridized carbons (Fsp3) is 0. The largest absolute Gasteiger partial charge is 0.478 e. The predicted molar refractivity (Wildman–Crippen MR) is 137 cm³/mol. The number of aromatic nitrogens is 1. The Morgan fingerprint density at radius 3 is 2.59 bits per heavy atom. The molecule has 0 bridgehead atoms. The van der Waals surface area contributed by atoms with Crippen LogP contribution in [0.4, 0.5) is 5.69 Å². The van der Waals surface area contributed by atoms with E-state index in [0.29, 0.717) is 11.1 Å². The van der Waals surface area contributed by atoms with Crippen molar-refractivity contribution >= 4 is 44.9 Å². The molecule has 0 spiro atoms. The van der Waals surface area contributed by atoms with Gasteiger partial charge in [0.1, 0.15) is 4.21 Å². The summed E-state index contributed by atoms with van der Waals surface area (Å²) in [5, 5.41) is 12.7. The van der Waals surface area contributed by atoms with E-state index in [1.807, 2.05) is 78.3 Å². The third-order valence-corrected chi connectivity index (χ3v) is 7.58. The number of aromatic amines is 1. The number of fused-ring (bicyclic) bond motifs is 1. The first-order valence-corrected chi connectivity index (χ1v) is 12.4. The van der Waals surface area contributed by atoms with Crippen LogP contribution in [0.25, 0.3) is 22.0 Å². The van der Waals surface area contributed by atoms with Crippen molar-refractivity contribution < 1.29 is 14.1 Å². The molecule has 2 heterocycles. The predicted octanol–water partition coefficient (Wildman–Crippen LogP) is 6.13. The highest BCUT2D eigenvalue weighted by Crippen LogP contribution is 2.30. The van der Waals surface area contributed by atoms with Crippen molar-refractivity contribution in [2.45, 2.75) is 4.21 Å². The van der Waals surface area contributed by atoms with Crippen LogP contribution in [0, 0.1) is 11.8 Å². The second-order valence-corrected chi connectivity index (χ2v) is 9.83. The Labute approximate surface area is 202 Å². The molecular weight excluding hydrogens is 464 g/mol. The van der Waals surface area contributed by atoms with Gasteiger partial charge in [-0.05, 0) is 70.9 Å². The van der Waals surface area contributed by atoms with Gasteiger partial charge in [-0.1, -0.05) is 36.1 Å². The summed E-state index contributed by atoms with van der Waals surface area (Å²) in [7, 11) is -1.31. The van der Waals surface area contributed by atoms with Crippen molar-refractivity contribution in [3.05, 3.63) is 107 Å². The normalized spacial score (nSPS) is 11.5. The van der Waals surface area contributed by atoms with Gasteiger partial charge in [0.2, 0.25) is 0 Å². The number of carboxylic acids is 1. The van der Waals surface area contributed by atoms with E-state index in [1.54, 1.807) is 12.1 Å². The number of anilines is 1. The zero-order chi connectivity index (χ0) is 23.5. The molecule has 1 unspecified atom stereocenters. The smallest absolute Gasteiger partial charge is 0.336 e. The minimum Gasteiger partial charge on any atom is -0.478 e. The average Bonchev–Trinajstić information content (AvgIpc) is 3.55. The Balaban J connectivity index is 1.46. The van der Waals surface area contributed by atoms with E-state index in [2.05, 4.69) is 21.5 Å². The summed E-state index contributed by atoms with van der Waals surface area (Å²) in [4.78, 5) is 15.1. The van der Waals surface area contributed by atoms with Crippen molar-refractivity contribution in [1.82, 2.24) is 4.98 Å². The van der Waals surface area contributed by atoms with Gasteiger partial charge >= 0.3 is 5.97 Å². The molecule has 0 saturated carbocycles. The summed E-state index contributed by atoms with van der Waals surface area (Å²) in [6, 6.07) is 23.9. The Kier molecular flexibility index (Phi) is 6.00. The summed E-state index contributed by atoms with van der Waals surface area (Å²) in [6.07, 6.45) is 1.85. The molecule has 7 heteroatoms. The van der Waals surface area contributed by atoms with Gasteiger partial charge in [0.05, 0.1) is 5.56 Å². The number of hydrogen-bond donors (Lipinski definition) is 3. The first kappa shape index (κ1) is 21.7. The molecule has 5 rings (SSSR count). The van der Waals surface area contributed by atoms with Gasteiger partial charge < -0.3 is 14.8 Å². The van der Waals surface area contributed by atoms with E-state index in [0.717, 1.165) is 31.9 Å². The van der Waals surface area contributed by atoms with Crippen LogP contribution in [-0.2, 0) is 11.0 Å². The lowest BCUT2D eigenvalue weighted by Crippen LogP contribution is -2.02. The van der Waals surface area contributed by atoms with Crippen LogP contribution >= 0.6 is 11.3 Å². The molecule has 3 aromatic carbocycles. The third kappa shape index (κ3) is 4.50. The molecule has 0 aliphatic rings. The van der Waals surface area contributed by atoms with Crippen molar-refractivity contribution in [1.29, 1.82) is 0 Å². The van der Waals surface area contributed by atoms with Crippen LogP contribution in [0.3, 0.4) is 0 Å². The average molecular weight is 483 g/mol. The molecule has 5 nitrogen and oxygen atoms in total. The first-order chi connectivity index (χ1) is 16.6. The molecule has 0 aliphatic heterocycles. The molecule has 34 heavy (non-hydrogen) atoms. The highest BCUT2D eigenvalue weighted by molar-refractivity contribution is 7.88. The van der Waals surface area contributed by atoms with Crippen LogP contribution < -0.4 is 4.72 Å². The number of carboxylic acid groups (broad SMARTS) is 1. The lowest BCUT2D eigenvalue weighted by Gasteiger charge is -2.10. The van der Waals surface area contributed by atoms with Crippen molar-refractivity contribution in [3.8, 4) is 23.0 Å². The second kappa shape index (κ2) is 9.40. The number of thiophene rings is 1. The van der Waals surface area contributed by atoms with Crippen LogP contribution in [0.2, 0.25) is 0 Å². The molecule has 166 valence electrons. The van der Waals surface area contributed by atoms with Gasteiger partial charge in [0.25, 0.3) is 0 Å². The van der Waals surface area contributed by atoms with Gasteiger partial charge in [-0.2, -0.15) is 0 Å². The number of H-pyrrole nitrogens is 1.